The summed E-state index contributed by atoms with van der Waals surface area (Å²) in [6.45, 7) is 0.131. The highest BCUT2D eigenvalue weighted by atomic mass is 16.7. The van der Waals surface area contributed by atoms with Crippen molar-refractivity contribution >= 4 is 29.3 Å². The molecule has 2 unspecified atom stereocenters. The average molecular weight is 438 g/mol. The molecule has 1 saturated heterocycles. The normalized spacial score (nSPS) is 18.7. The van der Waals surface area contributed by atoms with Gasteiger partial charge in [0.1, 0.15) is 11.9 Å². The van der Waals surface area contributed by atoms with Gasteiger partial charge < -0.3 is 30.6 Å². The van der Waals surface area contributed by atoms with Crippen LogP contribution in [0.15, 0.2) is 42.5 Å². The number of anilines is 1. The molecular weight excluding hydrogens is 416 g/mol. The third-order valence-electron chi connectivity index (χ3n) is 5.14. The Labute approximate surface area is 183 Å². The maximum absolute atomic E-state index is 12.4. The average Bonchev–Trinajstić information content (AvgIpc) is 3.38. The highest BCUT2D eigenvalue weighted by Gasteiger charge is 2.37. The van der Waals surface area contributed by atoms with Gasteiger partial charge >= 0.3 is 5.97 Å². The van der Waals surface area contributed by atoms with E-state index in [0.29, 0.717) is 28.3 Å². The fourth-order valence-electron chi connectivity index (χ4n) is 3.54. The molecule has 4 rings (SSSR count). The molecule has 5 N–H and O–H groups in total. The Hall–Kier alpha value is -4.08. The molecule has 0 radical (unpaired) electrons. The third-order valence-corrected chi connectivity index (χ3v) is 5.14. The largest absolute Gasteiger partial charge is 0.455 e. The molecule has 2 aliphatic rings. The van der Waals surface area contributed by atoms with Gasteiger partial charge in [0.05, 0.1) is 12.5 Å². The Morgan fingerprint density at radius 1 is 1.03 bits per heavy atom. The number of hydrogen-bond acceptors (Lipinski definition) is 7. The molecule has 10 heteroatoms. The van der Waals surface area contributed by atoms with Gasteiger partial charge in [-0.2, -0.15) is 0 Å². The first-order valence-electron chi connectivity index (χ1n) is 10.0. The second kappa shape index (κ2) is 8.96. The second-order valence-electron chi connectivity index (χ2n) is 7.44. The lowest BCUT2D eigenvalue weighted by molar-refractivity contribution is -0.141. The second-order valence-corrected chi connectivity index (χ2v) is 7.44. The lowest BCUT2D eigenvalue weighted by atomic mass is 10.0. The lowest BCUT2D eigenvalue weighted by Gasteiger charge is -2.19. The molecule has 2 amide bonds. The number of ether oxygens (including phenoxy) is 3. The summed E-state index contributed by atoms with van der Waals surface area (Å²) in [5.41, 5.74) is 7.18. The van der Waals surface area contributed by atoms with Crippen LogP contribution in [0.1, 0.15) is 36.5 Å². The number of fused-ring (bicyclic) bond motifs is 1. The predicted molar refractivity (Wildman–Crippen MR) is 113 cm³/mol. The number of benzene rings is 2. The number of amides is 2. The Kier molecular flexibility index (Phi) is 5.93. The van der Waals surface area contributed by atoms with Crippen LogP contribution in [0.25, 0.3) is 0 Å². The monoisotopic (exact) mass is 438 g/mol. The van der Waals surface area contributed by atoms with Crippen molar-refractivity contribution in [1.29, 1.82) is 5.41 Å². The highest BCUT2D eigenvalue weighted by Crippen LogP contribution is 2.38. The standard InChI is InChI=1S/C22H22N4O6/c23-22(24)12-1-4-14(5-2-12)25-18(27)7-8-19(28)26-15-10-20(29)32-21(15)13-3-6-16-17(9-13)31-11-30-16/h1-6,9,15,21H,7-8,10-11H2,(H3,23,24)(H,25,27)(H,26,28). The maximum Gasteiger partial charge on any atom is 0.308 e. The van der Waals surface area contributed by atoms with E-state index in [-0.39, 0.29) is 43.7 Å². The van der Waals surface area contributed by atoms with Crippen molar-refractivity contribution in [2.75, 3.05) is 12.1 Å². The van der Waals surface area contributed by atoms with Crippen LogP contribution in [0.4, 0.5) is 5.69 Å². The number of hydrogen-bond donors (Lipinski definition) is 4. The molecule has 0 aliphatic carbocycles. The van der Waals surface area contributed by atoms with Gasteiger partial charge in [0.2, 0.25) is 18.6 Å². The molecule has 2 aliphatic heterocycles. The van der Waals surface area contributed by atoms with Crippen molar-refractivity contribution in [2.24, 2.45) is 5.73 Å². The summed E-state index contributed by atoms with van der Waals surface area (Å²) in [4.78, 5) is 36.4. The van der Waals surface area contributed by atoms with E-state index in [1.54, 1.807) is 42.5 Å². The van der Waals surface area contributed by atoms with E-state index in [2.05, 4.69) is 10.6 Å². The van der Waals surface area contributed by atoms with Gasteiger partial charge in [-0.05, 0) is 42.0 Å². The number of nitrogens with two attached hydrogens (primary N) is 1. The van der Waals surface area contributed by atoms with Gasteiger partial charge in [-0.25, -0.2) is 0 Å². The van der Waals surface area contributed by atoms with Gasteiger partial charge in [0.25, 0.3) is 0 Å². The summed E-state index contributed by atoms with van der Waals surface area (Å²) in [5, 5.41) is 12.8. The van der Waals surface area contributed by atoms with E-state index >= 15 is 0 Å². The van der Waals surface area contributed by atoms with Crippen molar-refractivity contribution in [3.8, 4) is 11.5 Å². The molecule has 10 nitrogen and oxygen atoms in total. The van der Waals surface area contributed by atoms with Crippen LogP contribution in [0.3, 0.4) is 0 Å². The Morgan fingerprint density at radius 2 is 1.75 bits per heavy atom. The van der Waals surface area contributed by atoms with Gasteiger partial charge in [0.15, 0.2) is 11.5 Å². The predicted octanol–water partition coefficient (Wildman–Crippen LogP) is 1.59. The number of amidine groups is 1. The van der Waals surface area contributed by atoms with Crippen molar-refractivity contribution in [3.63, 3.8) is 0 Å². The van der Waals surface area contributed by atoms with E-state index < -0.39 is 18.1 Å². The van der Waals surface area contributed by atoms with Gasteiger partial charge in [0, 0.05) is 24.1 Å². The molecule has 0 saturated carbocycles. The minimum absolute atomic E-state index is 0.0312. The lowest BCUT2D eigenvalue weighted by Crippen LogP contribution is -2.37. The SMILES string of the molecule is N=C(N)c1ccc(NC(=O)CCC(=O)NC2CC(=O)OC2c2ccc3c(c2)OCO3)cc1. The molecule has 2 atom stereocenters. The summed E-state index contributed by atoms with van der Waals surface area (Å²) in [6.07, 6.45) is -0.680. The Bertz CT molecular complexity index is 1070. The summed E-state index contributed by atoms with van der Waals surface area (Å²) >= 11 is 0. The van der Waals surface area contributed by atoms with Crippen molar-refractivity contribution in [3.05, 3.63) is 53.6 Å². The number of rotatable bonds is 7. The molecule has 2 aromatic carbocycles. The van der Waals surface area contributed by atoms with Crippen LogP contribution in [0, 0.1) is 5.41 Å². The fraction of sp³-hybridized carbons (Fsp3) is 0.273. The van der Waals surface area contributed by atoms with Crippen molar-refractivity contribution < 1.29 is 28.6 Å². The summed E-state index contributed by atoms with van der Waals surface area (Å²) < 4.78 is 16.1. The number of nitrogens with one attached hydrogen (secondary N) is 3. The number of carbonyl (C=O) groups excluding carboxylic acids is 3. The summed E-state index contributed by atoms with van der Waals surface area (Å²) in [7, 11) is 0. The molecule has 0 spiro atoms. The first-order chi connectivity index (χ1) is 15.4. The number of nitrogen functional groups attached to an aromatic ring is 1. The van der Waals surface area contributed by atoms with Crippen LogP contribution < -0.4 is 25.8 Å². The van der Waals surface area contributed by atoms with E-state index in [4.69, 9.17) is 25.4 Å². The maximum atomic E-state index is 12.4. The quantitative estimate of drug-likeness (QED) is 0.291. The molecular formula is C22H22N4O6. The molecule has 166 valence electrons. The molecule has 2 heterocycles. The molecule has 2 aromatic rings. The molecule has 1 fully saturated rings. The first kappa shape index (κ1) is 21.2. The number of esters is 1. The van der Waals surface area contributed by atoms with Crippen LogP contribution >= 0.6 is 0 Å². The molecule has 0 bridgehead atoms. The van der Waals surface area contributed by atoms with E-state index in [1.165, 1.54) is 0 Å². The molecule has 0 aromatic heterocycles. The Balaban J connectivity index is 1.30. The number of carbonyl (C=O) groups is 3. The Morgan fingerprint density at radius 3 is 2.50 bits per heavy atom. The van der Waals surface area contributed by atoms with Crippen LogP contribution in [0.5, 0.6) is 11.5 Å². The van der Waals surface area contributed by atoms with E-state index in [0.717, 1.165) is 0 Å². The fourth-order valence-corrected chi connectivity index (χ4v) is 3.54. The molecule has 32 heavy (non-hydrogen) atoms. The summed E-state index contributed by atoms with van der Waals surface area (Å²) in [5.74, 6) is 0.00439. The highest BCUT2D eigenvalue weighted by molar-refractivity contribution is 5.96. The zero-order valence-electron chi connectivity index (χ0n) is 17.1. The zero-order valence-corrected chi connectivity index (χ0v) is 17.1. The smallest absolute Gasteiger partial charge is 0.308 e. The minimum Gasteiger partial charge on any atom is -0.455 e. The number of cyclic esters (lactones) is 1. The van der Waals surface area contributed by atoms with Crippen LogP contribution in [-0.4, -0.2) is 36.5 Å². The van der Waals surface area contributed by atoms with Crippen molar-refractivity contribution in [1.82, 2.24) is 5.32 Å². The van der Waals surface area contributed by atoms with E-state index in [9.17, 15) is 14.4 Å². The van der Waals surface area contributed by atoms with Gasteiger partial charge in [-0.3, -0.25) is 19.8 Å². The minimum atomic E-state index is -0.644. The van der Waals surface area contributed by atoms with Crippen molar-refractivity contribution in [2.45, 2.75) is 31.4 Å². The van der Waals surface area contributed by atoms with Crippen LogP contribution in [-0.2, 0) is 19.1 Å². The summed E-state index contributed by atoms with van der Waals surface area (Å²) in [6, 6.07) is 11.2. The van der Waals surface area contributed by atoms with Gasteiger partial charge in [-0.15, -0.1) is 0 Å². The first-order valence-corrected chi connectivity index (χ1v) is 10.0. The van der Waals surface area contributed by atoms with E-state index in [1.807, 2.05) is 0 Å². The van der Waals surface area contributed by atoms with Gasteiger partial charge in [-0.1, -0.05) is 6.07 Å². The topological polar surface area (TPSA) is 153 Å². The van der Waals surface area contributed by atoms with Crippen LogP contribution in [0.2, 0.25) is 0 Å². The third kappa shape index (κ3) is 4.80. The zero-order chi connectivity index (χ0) is 22.7.